The van der Waals surface area contributed by atoms with E-state index in [4.69, 9.17) is 14.2 Å². The van der Waals surface area contributed by atoms with E-state index in [0.717, 1.165) is 34.4 Å². The summed E-state index contributed by atoms with van der Waals surface area (Å²) in [6.45, 7) is 2.59. The molecular weight excluding hydrogens is 399 g/mol. The van der Waals surface area contributed by atoms with Crippen LogP contribution in [0.2, 0.25) is 0 Å². The van der Waals surface area contributed by atoms with Crippen LogP contribution in [0, 0.1) is 5.82 Å². The van der Waals surface area contributed by atoms with Gasteiger partial charge >= 0.3 is 0 Å². The molecule has 0 amide bonds. The van der Waals surface area contributed by atoms with E-state index in [1.807, 2.05) is 29.9 Å². The van der Waals surface area contributed by atoms with Crippen LogP contribution in [0.25, 0.3) is 22.0 Å². The van der Waals surface area contributed by atoms with Crippen molar-refractivity contribution in [3.63, 3.8) is 0 Å². The van der Waals surface area contributed by atoms with Gasteiger partial charge in [0.2, 0.25) is 0 Å². The zero-order chi connectivity index (χ0) is 21.8. The molecule has 7 nitrogen and oxygen atoms in total. The van der Waals surface area contributed by atoms with Crippen LogP contribution in [0.4, 0.5) is 15.9 Å². The fraction of sp³-hybridized carbons (Fsp3) is 0.304. The van der Waals surface area contributed by atoms with Crippen LogP contribution in [0.1, 0.15) is 0 Å². The molecule has 0 saturated heterocycles. The van der Waals surface area contributed by atoms with Gasteiger partial charge in [0.1, 0.15) is 11.6 Å². The fourth-order valence-electron chi connectivity index (χ4n) is 3.68. The van der Waals surface area contributed by atoms with Crippen molar-refractivity contribution < 1.29 is 18.6 Å². The van der Waals surface area contributed by atoms with Crippen molar-refractivity contribution in [1.29, 1.82) is 0 Å². The average Bonchev–Trinajstić information content (AvgIpc) is 3.28. The van der Waals surface area contributed by atoms with E-state index in [1.165, 1.54) is 12.1 Å². The first-order chi connectivity index (χ1) is 15.1. The van der Waals surface area contributed by atoms with E-state index in [9.17, 15) is 4.39 Å². The lowest BCUT2D eigenvalue weighted by molar-refractivity contribution is 0.127. The van der Waals surface area contributed by atoms with Crippen LogP contribution in [-0.4, -0.2) is 50.8 Å². The van der Waals surface area contributed by atoms with E-state index in [2.05, 4.69) is 21.8 Å². The number of nitrogens with one attached hydrogen (secondary N) is 3. The molecule has 164 valence electrons. The Morgan fingerprint density at radius 2 is 1.84 bits per heavy atom. The van der Waals surface area contributed by atoms with Gasteiger partial charge in [-0.05, 0) is 48.8 Å². The zero-order valence-electron chi connectivity index (χ0n) is 17.9. The number of likely N-dealkylation sites (N-methyl/N-ethyl adjacent to an activating group) is 1. The molecule has 3 N–H and O–H groups in total. The second kappa shape index (κ2) is 9.28. The van der Waals surface area contributed by atoms with Gasteiger partial charge in [0.15, 0.2) is 11.5 Å². The van der Waals surface area contributed by atoms with E-state index in [0.29, 0.717) is 36.9 Å². The Balaban J connectivity index is 1.74. The molecule has 0 fully saturated rings. The largest absolute Gasteiger partial charge is 0.493 e. The molecule has 31 heavy (non-hydrogen) atoms. The topological polar surface area (TPSA) is 72.5 Å². The first-order valence-electron chi connectivity index (χ1n) is 10.2. The van der Waals surface area contributed by atoms with Crippen molar-refractivity contribution in [1.82, 2.24) is 15.1 Å². The lowest BCUT2D eigenvalue weighted by Crippen LogP contribution is -2.17. The highest BCUT2D eigenvalue weighted by molar-refractivity contribution is 6.05. The highest BCUT2D eigenvalue weighted by atomic mass is 19.1. The number of halogens is 1. The maximum absolute atomic E-state index is 13.8. The van der Waals surface area contributed by atoms with Crippen LogP contribution >= 0.6 is 0 Å². The summed E-state index contributed by atoms with van der Waals surface area (Å²) in [6.07, 6.45) is 0. The summed E-state index contributed by atoms with van der Waals surface area (Å²) in [5.41, 5.74) is 2.63. The Morgan fingerprint density at radius 1 is 1.03 bits per heavy atom. The third-order valence-corrected chi connectivity index (χ3v) is 5.21. The number of anilines is 2. The van der Waals surface area contributed by atoms with Crippen molar-refractivity contribution in [2.24, 2.45) is 0 Å². The van der Waals surface area contributed by atoms with E-state index in [-0.39, 0.29) is 5.82 Å². The van der Waals surface area contributed by atoms with Gasteiger partial charge in [-0.3, -0.25) is 9.78 Å². The first kappa shape index (κ1) is 21.0. The van der Waals surface area contributed by atoms with Crippen LogP contribution in [0.3, 0.4) is 0 Å². The molecule has 0 unspecified atom stereocenters. The average molecular weight is 426 g/mol. The highest BCUT2D eigenvalue weighted by Crippen LogP contribution is 2.43. The number of nitrogens with zero attached hydrogens (tertiary/aromatic N) is 1. The van der Waals surface area contributed by atoms with Gasteiger partial charge in [0.25, 0.3) is 0 Å². The number of aromatic amines is 1. The molecule has 0 aromatic heterocycles. The lowest BCUT2D eigenvalue weighted by atomic mass is 10.2. The van der Waals surface area contributed by atoms with Gasteiger partial charge in [-0.15, -0.1) is 0 Å². The summed E-state index contributed by atoms with van der Waals surface area (Å²) < 4.78 is 32.4. The van der Waals surface area contributed by atoms with E-state index >= 15 is 0 Å². The third-order valence-electron chi connectivity index (χ3n) is 5.21. The number of ether oxygens (including phenoxy) is 3. The Kier molecular flexibility index (Phi) is 6.29. The summed E-state index contributed by atoms with van der Waals surface area (Å²) in [4.78, 5) is 0. The van der Waals surface area contributed by atoms with Crippen molar-refractivity contribution in [3.05, 3.63) is 48.3 Å². The number of hydrogen-bond acceptors (Lipinski definition) is 5. The van der Waals surface area contributed by atoms with E-state index < -0.39 is 0 Å². The molecule has 0 saturated carbocycles. The summed E-state index contributed by atoms with van der Waals surface area (Å²) >= 11 is 0. The quantitative estimate of drug-likeness (QED) is 0.331. The number of rotatable bonds is 10. The summed E-state index contributed by atoms with van der Waals surface area (Å²) in [5, 5.41) is 11.9. The smallest absolute Gasteiger partial charge is 0.161 e. The highest BCUT2D eigenvalue weighted by Gasteiger charge is 2.22. The monoisotopic (exact) mass is 426 g/mol. The molecule has 0 radical (unpaired) electrons. The SMILES string of the molecule is CNCCOCCn1[nH]c2c3cc(OC)c(OC)cc3cc-2c1Nc1cccc(F)c1. The van der Waals surface area contributed by atoms with Gasteiger partial charge < -0.3 is 24.8 Å². The molecule has 0 spiro atoms. The number of hydrogen-bond donors (Lipinski definition) is 3. The van der Waals surface area contributed by atoms with Crippen LogP contribution in [0.15, 0.2) is 42.5 Å². The Morgan fingerprint density at radius 3 is 2.58 bits per heavy atom. The summed E-state index contributed by atoms with van der Waals surface area (Å²) in [6, 6.07) is 12.4. The molecule has 8 heteroatoms. The molecule has 1 aliphatic heterocycles. The Bertz CT molecular complexity index is 1140. The number of fused-ring (bicyclic) bond motifs is 3. The maximum atomic E-state index is 13.8. The second-order valence-corrected chi connectivity index (χ2v) is 7.19. The van der Waals surface area contributed by atoms with Crippen LogP contribution < -0.4 is 20.1 Å². The predicted octanol–water partition coefficient (Wildman–Crippen LogP) is 4.21. The van der Waals surface area contributed by atoms with Crippen molar-refractivity contribution >= 4 is 22.3 Å². The molecule has 2 aromatic carbocycles. The molecule has 2 aliphatic rings. The zero-order valence-corrected chi connectivity index (χ0v) is 17.9. The molecule has 0 bridgehead atoms. The summed E-state index contributed by atoms with van der Waals surface area (Å²) in [5.74, 6) is 1.89. The molecular formula is C23H27FN4O3. The maximum Gasteiger partial charge on any atom is 0.161 e. The predicted molar refractivity (Wildman–Crippen MR) is 120 cm³/mol. The molecule has 4 rings (SSSR count). The van der Waals surface area contributed by atoms with Crippen LogP contribution in [0.5, 0.6) is 11.5 Å². The number of methoxy groups -OCH3 is 2. The normalized spacial score (nSPS) is 11.4. The van der Waals surface area contributed by atoms with Crippen LogP contribution in [-0.2, 0) is 11.3 Å². The minimum atomic E-state index is -0.291. The Hall–Kier alpha value is -3.23. The Labute approximate surface area is 180 Å². The van der Waals surface area contributed by atoms with Gasteiger partial charge in [0.05, 0.1) is 39.7 Å². The van der Waals surface area contributed by atoms with E-state index in [1.54, 1.807) is 20.3 Å². The molecule has 0 atom stereocenters. The molecule has 1 heterocycles. The second-order valence-electron chi connectivity index (χ2n) is 7.19. The van der Waals surface area contributed by atoms with Crippen molar-refractivity contribution in [2.75, 3.05) is 46.3 Å². The minimum absolute atomic E-state index is 0.291. The lowest BCUT2D eigenvalue weighted by Gasteiger charge is -2.12. The number of aromatic nitrogens is 2. The van der Waals surface area contributed by atoms with Crippen molar-refractivity contribution in [3.8, 4) is 22.8 Å². The van der Waals surface area contributed by atoms with Gasteiger partial charge in [-0.1, -0.05) is 6.07 Å². The molecule has 2 aromatic rings. The van der Waals surface area contributed by atoms with Gasteiger partial charge in [0, 0.05) is 23.2 Å². The number of H-pyrrole nitrogens is 1. The van der Waals surface area contributed by atoms with Gasteiger partial charge in [-0.25, -0.2) is 4.39 Å². The standard InChI is InChI=1S/C23H27FN4O3/c1-25-7-9-31-10-8-28-23(26-17-6-4-5-16(24)13-17)19-11-15-12-20(29-2)21(30-3)14-18(15)22(19)27-28/h4-6,11-14,25-27H,7-10H2,1-3H3. The van der Waals surface area contributed by atoms with Crippen molar-refractivity contribution in [2.45, 2.75) is 6.54 Å². The first-order valence-corrected chi connectivity index (χ1v) is 10.2. The fourth-order valence-corrected chi connectivity index (χ4v) is 3.68. The minimum Gasteiger partial charge on any atom is -0.493 e. The third kappa shape index (κ3) is 4.30. The van der Waals surface area contributed by atoms with Gasteiger partial charge in [-0.2, -0.15) is 0 Å². The number of benzene rings is 2. The summed E-state index contributed by atoms with van der Waals surface area (Å²) in [7, 11) is 5.14. The molecule has 1 aliphatic carbocycles.